The summed E-state index contributed by atoms with van der Waals surface area (Å²) in [6.45, 7) is 2.93. The van der Waals surface area contributed by atoms with E-state index in [0.29, 0.717) is 6.61 Å². The van der Waals surface area contributed by atoms with Gasteiger partial charge in [-0.25, -0.2) is 0 Å². The lowest BCUT2D eigenvalue weighted by molar-refractivity contribution is 0.190. The maximum atomic E-state index is 9.50. The molecule has 0 bridgehead atoms. The molecule has 20 heavy (non-hydrogen) atoms. The molecule has 0 spiro atoms. The second-order valence-corrected chi connectivity index (χ2v) is 5.19. The van der Waals surface area contributed by atoms with Gasteiger partial charge in [-0.15, -0.1) is 0 Å². The molecule has 0 fully saturated rings. The van der Waals surface area contributed by atoms with E-state index in [-0.39, 0.29) is 12.5 Å². The maximum absolute atomic E-state index is 9.50. The summed E-state index contributed by atoms with van der Waals surface area (Å²) in [7, 11) is 0. The minimum atomic E-state index is 0.200. The normalized spacial score (nSPS) is 12.1. The molecule has 1 N–H and O–H groups in total. The highest BCUT2D eigenvalue weighted by molar-refractivity contribution is 5.23. The largest absolute Gasteiger partial charge is 0.494 e. The topological polar surface area (TPSA) is 29.5 Å². The number of aliphatic hydroxyl groups is 1. The van der Waals surface area contributed by atoms with Gasteiger partial charge in [0.25, 0.3) is 0 Å². The van der Waals surface area contributed by atoms with Crippen LogP contribution in [-0.4, -0.2) is 18.3 Å². The van der Waals surface area contributed by atoms with Crippen molar-refractivity contribution in [2.24, 2.45) is 5.92 Å². The molecule has 2 aromatic rings. The van der Waals surface area contributed by atoms with E-state index >= 15 is 0 Å². The van der Waals surface area contributed by atoms with Gasteiger partial charge in [-0.05, 0) is 43.4 Å². The monoisotopic (exact) mass is 270 g/mol. The van der Waals surface area contributed by atoms with Gasteiger partial charge in [-0.2, -0.15) is 0 Å². The molecule has 0 aromatic heterocycles. The summed E-state index contributed by atoms with van der Waals surface area (Å²) in [6.07, 6.45) is 1.76. The van der Waals surface area contributed by atoms with E-state index in [1.807, 2.05) is 30.3 Å². The van der Waals surface area contributed by atoms with Crippen LogP contribution in [0.4, 0.5) is 0 Å². The van der Waals surface area contributed by atoms with Crippen LogP contribution in [0.25, 0.3) is 0 Å². The van der Waals surface area contributed by atoms with Gasteiger partial charge in [0.05, 0.1) is 6.61 Å². The van der Waals surface area contributed by atoms with Crippen LogP contribution in [0.3, 0.4) is 0 Å². The van der Waals surface area contributed by atoms with Crippen molar-refractivity contribution in [1.82, 2.24) is 0 Å². The molecule has 2 rings (SSSR count). The summed E-state index contributed by atoms with van der Waals surface area (Å²) >= 11 is 0. The first-order valence-corrected chi connectivity index (χ1v) is 7.12. The minimum Gasteiger partial charge on any atom is -0.494 e. The molecule has 2 nitrogen and oxygen atoms in total. The molecule has 1 atom stereocenters. The molecule has 0 aliphatic heterocycles. The van der Waals surface area contributed by atoms with Crippen LogP contribution in [0.1, 0.15) is 17.5 Å². The van der Waals surface area contributed by atoms with Gasteiger partial charge in [-0.1, -0.05) is 48.0 Å². The molecule has 0 aliphatic carbocycles. The number of hydrogen-bond acceptors (Lipinski definition) is 2. The van der Waals surface area contributed by atoms with E-state index in [9.17, 15) is 5.11 Å². The summed E-state index contributed by atoms with van der Waals surface area (Å²) in [6, 6.07) is 18.3. The van der Waals surface area contributed by atoms with Crippen LogP contribution >= 0.6 is 0 Å². The number of rotatable bonds is 7. The zero-order chi connectivity index (χ0) is 14.2. The average Bonchev–Trinajstić information content (AvgIpc) is 2.47. The Kier molecular flexibility index (Phi) is 5.63. The van der Waals surface area contributed by atoms with Crippen molar-refractivity contribution in [1.29, 1.82) is 0 Å². The van der Waals surface area contributed by atoms with Crippen LogP contribution in [0.2, 0.25) is 0 Å². The molecule has 0 amide bonds. The van der Waals surface area contributed by atoms with Crippen LogP contribution in [0, 0.1) is 12.8 Å². The fourth-order valence-electron chi connectivity index (χ4n) is 2.29. The quantitative estimate of drug-likeness (QED) is 0.832. The fraction of sp³-hybridized carbons (Fsp3) is 0.333. The molecule has 106 valence electrons. The first-order chi connectivity index (χ1) is 9.78. The second kappa shape index (κ2) is 7.71. The summed E-state index contributed by atoms with van der Waals surface area (Å²) in [5, 5.41) is 9.50. The Balaban J connectivity index is 1.80. The highest BCUT2D eigenvalue weighted by Gasteiger charge is 2.09. The molecule has 2 aromatic carbocycles. The molecule has 0 saturated heterocycles. The van der Waals surface area contributed by atoms with Gasteiger partial charge < -0.3 is 9.84 Å². The van der Waals surface area contributed by atoms with Crippen LogP contribution in [-0.2, 0) is 6.42 Å². The summed E-state index contributed by atoms with van der Waals surface area (Å²) in [5.41, 5.74) is 2.54. The second-order valence-electron chi connectivity index (χ2n) is 5.19. The predicted molar refractivity (Wildman–Crippen MR) is 82.0 cm³/mol. The Morgan fingerprint density at radius 3 is 2.55 bits per heavy atom. The minimum absolute atomic E-state index is 0.200. The van der Waals surface area contributed by atoms with Crippen molar-refractivity contribution in [3.63, 3.8) is 0 Å². The van der Waals surface area contributed by atoms with E-state index in [1.165, 1.54) is 11.1 Å². The summed E-state index contributed by atoms with van der Waals surface area (Å²) in [4.78, 5) is 0. The molecule has 0 aliphatic rings. The zero-order valence-corrected chi connectivity index (χ0v) is 12.0. The molecule has 0 radical (unpaired) electrons. The van der Waals surface area contributed by atoms with Gasteiger partial charge in [0.1, 0.15) is 5.75 Å². The molecule has 0 heterocycles. The van der Waals surface area contributed by atoms with E-state index in [4.69, 9.17) is 4.74 Å². The molecule has 2 heteroatoms. The third-order valence-electron chi connectivity index (χ3n) is 3.40. The molecule has 1 unspecified atom stereocenters. The van der Waals surface area contributed by atoms with Gasteiger partial charge in [-0.3, -0.25) is 0 Å². The van der Waals surface area contributed by atoms with Crippen molar-refractivity contribution in [3.05, 3.63) is 65.7 Å². The van der Waals surface area contributed by atoms with Crippen LogP contribution in [0.15, 0.2) is 54.6 Å². The van der Waals surface area contributed by atoms with Gasteiger partial charge in [0.15, 0.2) is 0 Å². The van der Waals surface area contributed by atoms with E-state index in [0.717, 1.165) is 18.6 Å². The van der Waals surface area contributed by atoms with E-state index in [1.54, 1.807) is 0 Å². The Morgan fingerprint density at radius 1 is 1.05 bits per heavy atom. The van der Waals surface area contributed by atoms with Gasteiger partial charge >= 0.3 is 0 Å². The Morgan fingerprint density at radius 2 is 1.85 bits per heavy atom. The number of ether oxygens (including phenoxy) is 1. The lowest BCUT2D eigenvalue weighted by Crippen LogP contribution is -2.14. The van der Waals surface area contributed by atoms with Crippen molar-refractivity contribution >= 4 is 0 Å². The molecular weight excluding hydrogens is 248 g/mol. The highest BCUT2D eigenvalue weighted by atomic mass is 16.5. The number of para-hydroxylation sites is 1. The Hall–Kier alpha value is -1.80. The van der Waals surface area contributed by atoms with E-state index in [2.05, 4.69) is 31.2 Å². The first kappa shape index (κ1) is 14.6. The Bertz CT molecular complexity index is 508. The van der Waals surface area contributed by atoms with Crippen molar-refractivity contribution in [3.8, 4) is 5.75 Å². The number of aryl methyl sites for hydroxylation is 1. The van der Waals surface area contributed by atoms with E-state index < -0.39 is 0 Å². The summed E-state index contributed by atoms with van der Waals surface area (Å²) < 4.78 is 5.69. The third kappa shape index (κ3) is 4.71. The first-order valence-electron chi connectivity index (χ1n) is 7.12. The van der Waals surface area contributed by atoms with Crippen LogP contribution in [0.5, 0.6) is 5.75 Å². The number of aliphatic hydroxyl groups excluding tert-OH is 1. The average molecular weight is 270 g/mol. The van der Waals surface area contributed by atoms with Crippen molar-refractivity contribution in [2.75, 3.05) is 13.2 Å². The number of benzene rings is 2. The zero-order valence-electron chi connectivity index (χ0n) is 12.0. The standard InChI is InChI=1S/C18H22O2/c1-15-6-5-7-16(12-15)13-17(14-19)10-11-20-18-8-3-2-4-9-18/h2-9,12,17,19H,10-11,13-14H2,1H3. The lowest BCUT2D eigenvalue weighted by atomic mass is 9.96. The molecular formula is C18H22O2. The van der Waals surface area contributed by atoms with Crippen molar-refractivity contribution < 1.29 is 9.84 Å². The third-order valence-corrected chi connectivity index (χ3v) is 3.40. The van der Waals surface area contributed by atoms with Crippen LogP contribution < -0.4 is 4.74 Å². The van der Waals surface area contributed by atoms with Gasteiger partial charge in [0.2, 0.25) is 0 Å². The lowest BCUT2D eigenvalue weighted by Gasteiger charge is -2.15. The SMILES string of the molecule is Cc1cccc(CC(CO)CCOc2ccccc2)c1. The van der Waals surface area contributed by atoms with Gasteiger partial charge in [0, 0.05) is 6.61 Å². The Labute approximate surface area is 121 Å². The smallest absolute Gasteiger partial charge is 0.119 e. The maximum Gasteiger partial charge on any atom is 0.119 e. The highest BCUT2D eigenvalue weighted by Crippen LogP contribution is 2.15. The number of hydrogen-bond donors (Lipinski definition) is 1. The summed E-state index contributed by atoms with van der Waals surface area (Å²) in [5.74, 6) is 1.14. The molecule has 0 saturated carbocycles. The predicted octanol–water partition coefficient (Wildman–Crippen LogP) is 3.62. The fourth-order valence-corrected chi connectivity index (χ4v) is 2.29. The van der Waals surface area contributed by atoms with Crippen molar-refractivity contribution in [2.45, 2.75) is 19.8 Å².